The van der Waals surface area contributed by atoms with Gasteiger partial charge in [-0.3, -0.25) is 18.9 Å². The van der Waals surface area contributed by atoms with E-state index in [1.165, 1.54) is 27.9 Å². The number of rotatable bonds is 5. The molecule has 31 heavy (non-hydrogen) atoms. The monoisotopic (exact) mass is 467 g/mol. The molecular formula is C23H21N3O2S3. The summed E-state index contributed by atoms with van der Waals surface area (Å²) < 4.78 is 2.05. The van der Waals surface area contributed by atoms with E-state index in [4.69, 9.17) is 17.2 Å². The van der Waals surface area contributed by atoms with Gasteiger partial charge in [-0.05, 0) is 50.1 Å². The molecule has 1 saturated heterocycles. The summed E-state index contributed by atoms with van der Waals surface area (Å²) in [6, 6.07) is 13.5. The summed E-state index contributed by atoms with van der Waals surface area (Å²) in [4.78, 5) is 34.3. The molecule has 1 amide bonds. The SMILES string of the molecule is CCC(C)N1C(=O)/C(=C/c2c(Sc3ccccc3)nc3ccc(C)cn3c2=O)SC1=S. The maximum Gasteiger partial charge on any atom is 0.266 e. The summed E-state index contributed by atoms with van der Waals surface area (Å²) >= 11 is 8.09. The summed E-state index contributed by atoms with van der Waals surface area (Å²) in [5.41, 5.74) is 1.70. The molecular weight excluding hydrogens is 446 g/mol. The maximum absolute atomic E-state index is 13.4. The van der Waals surface area contributed by atoms with E-state index in [2.05, 4.69) is 0 Å². The first kappa shape index (κ1) is 21.8. The molecule has 1 atom stereocenters. The summed E-state index contributed by atoms with van der Waals surface area (Å²) in [6.45, 7) is 5.92. The number of hydrogen-bond acceptors (Lipinski definition) is 6. The van der Waals surface area contributed by atoms with E-state index in [0.29, 0.717) is 25.5 Å². The van der Waals surface area contributed by atoms with Crippen LogP contribution in [-0.4, -0.2) is 30.6 Å². The second-order valence-corrected chi connectivity index (χ2v) is 10.0. The van der Waals surface area contributed by atoms with Crippen molar-refractivity contribution in [2.45, 2.75) is 43.2 Å². The molecule has 0 bridgehead atoms. The van der Waals surface area contributed by atoms with Crippen molar-refractivity contribution in [1.29, 1.82) is 0 Å². The minimum Gasteiger partial charge on any atom is -0.290 e. The van der Waals surface area contributed by atoms with Crippen LogP contribution in [0.3, 0.4) is 0 Å². The molecule has 2 aromatic heterocycles. The van der Waals surface area contributed by atoms with Crippen LogP contribution in [-0.2, 0) is 4.79 Å². The fourth-order valence-corrected chi connectivity index (χ4v) is 5.57. The van der Waals surface area contributed by atoms with Crippen LogP contribution >= 0.6 is 35.7 Å². The number of amides is 1. The Morgan fingerprint density at radius 1 is 1.19 bits per heavy atom. The molecule has 0 saturated carbocycles. The zero-order valence-corrected chi connectivity index (χ0v) is 19.8. The third-order valence-electron chi connectivity index (χ3n) is 5.06. The van der Waals surface area contributed by atoms with Gasteiger partial charge in [0, 0.05) is 17.1 Å². The number of thiocarbonyl (C=S) groups is 1. The molecule has 4 rings (SSSR count). The first-order valence-corrected chi connectivity index (χ1v) is 12.0. The highest BCUT2D eigenvalue weighted by Crippen LogP contribution is 2.36. The van der Waals surface area contributed by atoms with Crippen molar-refractivity contribution in [1.82, 2.24) is 14.3 Å². The van der Waals surface area contributed by atoms with Gasteiger partial charge in [-0.1, -0.05) is 66.9 Å². The molecule has 3 aromatic rings. The largest absolute Gasteiger partial charge is 0.290 e. The Morgan fingerprint density at radius 2 is 1.94 bits per heavy atom. The molecule has 1 aliphatic rings. The number of aromatic nitrogens is 2. The summed E-state index contributed by atoms with van der Waals surface area (Å²) in [6.07, 6.45) is 4.22. The minimum absolute atomic E-state index is 0.00930. The number of benzene rings is 1. The number of aryl methyl sites for hydroxylation is 1. The smallest absolute Gasteiger partial charge is 0.266 e. The van der Waals surface area contributed by atoms with Gasteiger partial charge in [0.15, 0.2) is 0 Å². The highest BCUT2D eigenvalue weighted by molar-refractivity contribution is 8.26. The lowest BCUT2D eigenvalue weighted by atomic mass is 10.2. The normalized spacial score (nSPS) is 16.5. The Morgan fingerprint density at radius 3 is 2.65 bits per heavy atom. The minimum atomic E-state index is -0.207. The van der Waals surface area contributed by atoms with Crippen molar-refractivity contribution in [2.24, 2.45) is 0 Å². The predicted octanol–water partition coefficient (Wildman–Crippen LogP) is 5.15. The van der Waals surface area contributed by atoms with Crippen LogP contribution in [0.15, 0.2) is 68.3 Å². The number of thioether (sulfide) groups is 1. The van der Waals surface area contributed by atoms with Crippen LogP contribution in [0.1, 0.15) is 31.4 Å². The molecule has 8 heteroatoms. The number of pyridine rings is 1. The van der Waals surface area contributed by atoms with Crippen molar-refractivity contribution >= 4 is 57.7 Å². The topological polar surface area (TPSA) is 54.7 Å². The van der Waals surface area contributed by atoms with E-state index in [-0.39, 0.29) is 17.5 Å². The second-order valence-electron chi connectivity index (χ2n) is 7.29. The Labute approximate surface area is 194 Å². The average molecular weight is 468 g/mol. The Kier molecular flexibility index (Phi) is 6.31. The first-order chi connectivity index (χ1) is 14.9. The van der Waals surface area contributed by atoms with Crippen molar-refractivity contribution in [3.8, 4) is 0 Å². The fraction of sp³-hybridized carbons (Fsp3) is 0.217. The fourth-order valence-electron chi connectivity index (χ4n) is 3.21. The molecule has 0 spiro atoms. The van der Waals surface area contributed by atoms with Gasteiger partial charge in [0.2, 0.25) is 0 Å². The van der Waals surface area contributed by atoms with Gasteiger partial charge in [-0.25, -0.2) is 4.98 Å². The van der Waals surface area contributed by atoms with E-state index >= 15 is 0 Å². The number of nitrogens with zero attached hydrogens (tertiary/aromatic N) is 3. The summed E-state index contributed by atoms with van der Waals surface area (Å²) in [5.74, 6) is -0.159. The quantitative estimate of drug-likeness (QED) is 0.294. The number of fused-ring (bicyclic) bond motifs is 1. The van der Waals surface area contributed by atoms with Gasteiger partial charge < -0.3 is 0 Å². The third-order valence-corrected chi connectivity index (χ3v) is 7.40. The summed E-state index contributed by atoms with van der Waals surface area (Å²) in [7, 11) is 0. The van der Waals surface area contributed by atoms with E-state index in [1.807, 2.05) is 63.2 Å². The standard InChI is InChI=1S/C23H21N3O2S3/c1-4-15(3)26-22(28)18(31-23(26)29)12-17-20(30-16-8-6-5-7-9-16)24-19-11-10-14(2)13-25(19)21(17)27/h5-13,15H,4H2,1-3H3/b18-12-. The van der Waals surface area contributed by atoms with Crippen molar-refractivity contribution < 1.29 is 4.79 Å². The Hall–Kier alpha value is -2.42. The zero-order chi connectivity index (χ0) is 22.1. The molecule has 158 valence electrons. The van der Waals surface area contributed by atoms with Crippen LogP contribution in [0.2, 0.25) is 0 Å². The van der Waals surface area contributed by atoms with Crippen LogP contribution in [0.25, 0.3) is 11.7 Å². The van der Waals surface area contributed by atoms with Gasteiger partial charge in [0.1, 0.15) is 15.0 Å². The Bertz CT molecular complexity index is 1270. The van der Waals surface area contributed by atoms with E-state index in [0.717, 1.165) is 16.9 Å². The molecule has 5 nitrogen and oxygen atoms in total. The van der Waals surface area contributed by atoms with Crippen LogP contribution < -0.4 is 5.56 Å². The third kappa shape index (κ3) is 4.33. The molecule has 0 N–H and O–H groups in total. The van der Waals surface area contributed by atoms with Crippen molar-refractivity contribution in [3.05, 3.63) is 75.0 Å². The number of carbonyl (C=O) groups excluding carboxylic acids is 1. The highest BCUT2D eigenvalue weighted by Gasteiger charge is 2.35. The lowest BCUT2D eigenvalue weighted by molar-refractivity contribution is -0.123. The molecule has 0 radical (unpaired) electrons. The van der Waals surface area contributed by atoms with Crippen molar-refractivity contribution in [2.75, 3.05) is 0 Å². The lowest BCUT2D eigenvalue weighted by Crippen LogP contribution is -2.36. The van der Waals surface area contributed by atoms with Crippen molar-refractivity contribution in [3.63, 3.8) is 0 Å². The molecule has 1 unspecified atom stereocenters. The predicted molar refractivity (Wildman–Crippen MR) is 132 cm³/mol. The van der Waals surface area contributed by atoms with E-state index in [1.54, 1.807) is 17.2 Å². The van der Waals surface area contributed by atoms with Gasteiger partial charge >= 0.3 is 0 Å². The van der Waals surface area contributed by atoms with Crippen LogP contribution in [0, 0.1) is 6.92 Å². The maximum atomic E-state index is 13.4. The lowest BCUT2D eigenvalue weighted by Gasteiger charge is -2.21. The molecule has 3 heterocycles. The van der Waals surface area contributed by atoms with E-state index in [9.17, 15) is 9.59 Å². The molecule has 1 fully saturated rings. The van der Waals surface area contributed by atoms with Gasteiger partial charge in [0.05, 0.1) is 10.5 Å². The number of hydrogen-bond donors (Lipinski definition) is 0. The highest BCUT2D eigenvalue weighted by atomic mass is 32.2. The average Bonchev–Trinajstić information content (AvgIpc) is 3.04. The van der Waals surface area contributed by atoms with E-state index < -0.39 is 0 Å². The van der Waals surface area contributed by atoms with Gasteiger partial charge in [0.25, 0.3) is 11.5 Å². The first-order valence-electron chi connectivity index (χ1n) is 9.92. The van der Waals surface area contributed by atoms with Crippen LogP contribution in [0.4, 0.5) is 0 Å². The second kappa shape index (κ2) is 8.98. The molecule has 0 aliphatic carbocycles. The van der Waals surface area contributed by atoms with Crippen LogP contribution in [0.5, 0.6) is 0 Å². The molecule has 1 aromatic carbocycles. The molecule has 1 aliphatic heterocycles. The number of carbonyl (C=O) groups is 1. The Balaban J connectivity index is 1.87. The zero-order valence-electron chi connectivity index (χ0n) is 17.4. The van der Waals surface area contributed by atoms with Gasteiger partial charge in [-0.2, -0.15) is 0 Å². The summed E-state index contributed by atoms with van der Waals surface area (Å²) in [5, 5.41) is 0.564. The van der Waals surface area contributed by atoms with Gasteiger partial charge in [-0.15, -0.1) is 0 Å².